The van der Waals surface area contributed by atoms with Crippen LogP contribution in [-0.4, -0.2) is 39.4 Å². The number of nitrogens with one attached hydrogen (secondary N) is 1. The molecule has 0 radical (unpaired) electrons. The van der Waals surface area contributed by atoms with Gasteiger partial charge in [-0.3, -0.25) is 0 Å². The Balaban J connectivity index is 2.78. The molecule has 2 atom stereocenters. The number of thioether (sulfide) groups is 1. The van der Waals surface area contributed by atoms with E-state index in [9.17, 15) is 14.7 Å². The van der Waals surface area contributed by atoms with Gasteiger partial charge in [0.2, 0.25) is 0 Å². The number of carboxylic acids is 1. The maximum Gasteiger partial charge on any atom is 0.408 e. The molecule has 0 saturated heterocycles. The van der Waals surface area contributed by atoms with Gasteiger partial charge in [0.25, 0.3) is 0 Å². The molecule has 0 spiro atoms. The fourth-order valence-corrected chi connectivity index (χ4v) is 2.38. The summed E-state index contributed by atoms with van der Waals surface area (Å²) in [5.41, 5.74) is -0.708. The van der Waals surface area contributed by atoms with Gasteiger partial charge < -0.3 is 20.3 Å². The summed E-state index contributed by atoms with van der Waals surface area (Å²) in [7, 11) is 0. The van der Waals surface area contributed by atoms with Crippen molar-refractivity contribution in [3.63, 3.8) is 0 Å². The minimum absolute atomic E-state index is 0.708. The number of rotatable bonds is 5. The van der Waals surface area contributed by atoms with E-state index in [4.69, 9.17) is 9.84 Å². The van der Waals surface area contributed by atoms with Crippen molar-refractivity contribution >= 4 is 23.8 Å². The number of carboxylic acid groups (broad SMARTS) is 1. The first-order valence-corrected chi connectivity index (χ1v) is 7.19. The third kappa shape index (κ3) is 6.50. The Morgan fingerprint density at radius 1 is 1.24 bits per heavy atom. The van der Waals surface area contributed by atoms with Gasteiger partial charge in [-0.15, -0.1) is 0 Å². The number of hydrogen-bond acceptors (Lipinski definition) is 5. The average Bonchev–Trinajstić information content (AvgIpc) is 2.36. The molecule has 0 heterocycles. The zero-order chi connectivity index (χ0) is 16.0. The number of alkyl carbamates (subject to hydrolysis) is 1. The summed E-state index contributed by atoms with van der Waals surface area (Å²) >= 11 is 1.04. The minimum Gasteiger partial charge on any atom is -0.479 e. The second kappa shape index (κ2) is 7.33. The number of benzene rings is 1. The molecule has 7 heteroatoms. The molecule has 1 amide bonds. The maximum atomic E-state index is 11.7. The van der Waals surface area contributed by atoms with E-state index in [2.05, 4.69) is 5.32 Å². The number of ether oxygens (including phenoxy) is 1. The van der Waals surface area contributed by atoms with Gasteiger partial charge in [0.05, 0.1) is 0 Å². The van der Waals surface area contributed by atoms with Gasteiger partial charge in [-0.25, -0.2) is 9.59 Å². The molecule has 0 aromatic heterocycles. The molecule has 3 N–H and O–H groups in total. The topological polar surface area (TPSA) is 95.9 Å². The van der Waals surface area contributed by atoms with Crippen LogP contribution in [0.4, 0.5) is 4.79 Å². The Bertz CT molecular complexity index is 486. The molecule has 1 rings (SSSR count). The van der Waals surface area contributed by atoms with E-state index < -0.39 is 29.1 Å². The number of aliphatic hydroxyl groups excluding tert-OH is 1. The Kier molecular flexibility index (Phi) is 6.04. The second-order valence-electron chi connectivity index (χ2n) is 5.28. The number of aliphatic hydroxyl groups is 1. The fourth-order valence-electron chi connectivity index (χ4n) is 1.37. The summed E-state index contributed by atoms with van der Waals surface area (Å²) in [5, 5.41) is 19.9. The molecule has 21 heavy (non-hydrogen) atoms. The van der Waals surface area contributed by atoms with Crippen LogP contribution in [0.15, 0.2) is 35.2 Å². The lowest BCUT2D eigenvalue weighted by molar-refractivity contribution is -0.146. The number of amides is 1. The first-order valence-electron chi connectivity index (χ1n) is 6.31. The van der Waals surface area contributed by atoms with E-state index in [1.54, 1.807) is 45.0 Å². The Morgan fingerprint density at radius 3 is 2.29 bits per heavy atom. The Labute approximate surface area is 127 Å². The van der Waals surface area contributed by atoms with Crippen molar-refractivity contribution < 1.29 is 24.5 Å². The van der Waals surface area contributed by atoms with E-state index in [0.717, 1.165) is 16.7 Å². The van der Waals surface area contributed by atoms with Crippen LogP contribution >= 0.6 is 11.8 Å². The van der Waals surface area contributed by atoms with Crippen LogP contribution in [0.5, 0.6) is 0 Å². The summed E-state index contributed by atoms with van der Waals surface area (Å²) in [6.07, 6.45) is -2.53. The van der Waals surface area contributed by atoms with Crippen molar-refractivity contribution in [3.8, 4) is 0 Å². The third-order valence-corrected chi connectivity index (χ3v) is 3.38. The van der Waals surface area contributed by atoms with Crippen LogP contribution in [0.1, 0.15) is 20.8 Å². The van der Waals surface area contributed by atoms with E-state index in [1.165, 1.54) is 0 Å². The van der Waals surface area contributed by atoms with E-state index >= 15 is 0 Å². The van der Waals surface area contributed by atoms with Crippen molar-refractivity contribution in [2.24, 2.45) is 0 Å². The number of carbonyl (C=O) groups is 2. The molecule has 0 fully saturated rings. The average molecular weight is 313 g/mol. The van der Waals surface area contributed by atoms with Gasteiger partial charge in [0.1, 0.15) is 11.0 Å². The maximum absolute atomic E-state index is 11.7. The second-order valence-corrected chi connectivity index (χ2v) is 6.50. The van der Waals surface area contributed by atoms with Crippen molar-refractivity contribution in [1.82, 2.24) is 5.32 Å². The normalized spacial score (nSPS) is 14.1. The van der Waals surface area contributed by atoms with Gasteiger partial charge in [-0.05, 0) is 32.9 Å². The quantitative estimate of drug-likeness (QED) is 0.569. The summed E-state index contributed by atoms with van der Waals surface area (Å²) in [6.45, 7) is 5.08. The van der Waals surface area contributed by atoms with Crippen molar-refractivity contribution in [2.45, 2.75) is 42.7 Å². The molecule has 0 aliphatic carbocycles. The molecule has 1 aromatic carbocycles. The highest BCUT2D eigenvalue weighted by molar-refractivity contribution is 8.00. The van der Waals surface area contributed by atoms with Crippen LogP contribution in [0, 0.1) is 0 Å². The monoisotopic (exact) mass is 313 g/mol. The van der Waals surface area contributed by atoms with Crippen LogP contribution in [0.3, 0.4) is 0 Å². The lowest BCUT2D eigenvalue weighted by Gasteiger charge is -2.24. The van der Waals surface area contributed by atoms with Gasteiger partial charge in [0, 0.05) is 4.90 Å². The van der Waals surface area contributed by atoms with Crippen molar-refractivity contribution in [2.75, 3.05) is 0 Å². The standard InChI is InChI=1S/C14H19NO5S/c1-14(2,3)20-13(19)15-11(10(16)12(17)18)21-9-7-5-4-6-8-9/h4-8,10-11,16H,1-3H3,(H,15,19)(H,17,18)/t10-,11+/m0/s1. The predicted molar refractivity (Wildman–Crippen MR) is 79.1 cm³/mol. The number of carbonyl (C=O) groups excluding carboxylic acids is 1. The number of hydrogen-bond donors (Lipinski definition) is 3. The molecule has 6 nitrogen and oxygen atoms in total. The van der Waals surface area contributed by atoms with Crippen LogP contribution < -0.4 is 5.32 Å². The van der Waals surface area contributed by atoms with Crippen molar-refractivity contribution in [3.05, 3.63) is 30.3 Å². The van der Waals surface area contributed by atoms with Gasteiger partial charge >= 0.3 is 12.1 Å². The number of aliphatic carboxylic acids is 1. The van der Waals surface area contributed by atoms with Gasteiger partial charge in [-0.1, -0.05) is 30.0 Å². The van der Waals surface area contributed by atoms with E-state index in [-0.39, 0.29) is 0 Å². The smallest absolute Gasteiger partial charge is 0.408 e. The van der Waals surface area contributed by atoms with Crippen LogP contribution in [-0.2, 0) is 9.53 Å². The molecule has 1 aromatic rings. The van der Waals surface area contributed by atoms with E-state index in [1.807, 2.05) is 6.07 Å². The highest BCUT2D eigenvalue weighted by Gasteiger charge is 2.30. The lowest BCUT2D eigenvalue weighted by Crippen LogP contribution is -2.46. The molecule has 0 aliphatic rings. The summed E-state index contributed by atoms with van der Waals surface area (Å²) in [4.78, 5) is 23.4. The third-order valence-electron chi connectivity index (χ3n) is 2.21. The Hall–Kier alpha value is -1.73. The summed E-state index contributed by atoms with van der Waals surface area (Å²) in [6, 6.07) is 8.88. The molecular weight excluding hydrogens is 294 g/mol. The summed E-state index contributed by atoms with van der Waals surface area (Å²) in [5.74, 6) is -1.42. The predicted octanol–water partition coefficient (Wildman–Crippen LogP) is 2.07. The highest BCUT2D eigenvalue weighted by Crippen LogP contribution is 2.24. The molecule has 0 saturated carbocycles. The Morgan fingerprint density at radius 2 is 1.81 bits per heavy atom. The first kappa shape index (κ1) is 17.3. The fraction of sp³-hybridized carbons (Fsp3) is 0.429. The molecule has 0 aliphatic heterocycles. The minimum atomic E-state index is -1.75. The van der Waals surface area contributed by atoms with Crippen LogP contribution in [0.2, 0.25) is 0 Å². The highest BCUT2D eigenvalue weighted by atomic mass is 32.2. The zero-order valence-corrected chi connectivity index (χ0v) is 12.9. The van der Waals surface area contributed by atoms with Gasteiger partial charge in [-0.2, -0.15) is 0 Å². The lowest BCUT2D eigenvalue weighted by atomic mass is 10.2. The SMILES string of the molecule is CC(C)(C)OC(=O)N[C@H](Sc1ccccc1)[C@H](O)C(=O)O. The largest absolute Gasteiger partial charge is 0.479 e. The molecule has 0 bridgehead atoms. The zero-order valence-electron chi connectivity index (χ0n) is 12.1. The molecule has 0 unspecified atom stereocenters. The molecular formula is C14H19NO5S. The first-order chi connectivity index (χ1) is 9.69. The van der Waals surface area contributed by atoms with Crippen LogP contribution in [0.25, 0.3) is 0 Å². The van der Waals surface area contributed by atoms with Crippen molar-refractivity contribution in [1.29, 1.82) is 0 Å². The molecule has 116 valence electrons. The summed E-state index contributed by atoms with van der Waals surface area (Å²) < 4.78 is 5.07. The van der Waals surface area contributed by atoms with E-state index in [0.29, 0.717) is 0 Å². The van der Waals surface area contributed by atoms with Gasteiger partial charge in [0.15, 0.2) is 6.10 Å².